The van der Waals surface area contributed by atoms with Crippen molar-refractivity contribution in [3.05, 3.63) is 0 Å². The van der Waals surface area contributed by atoms with Crippen molar-refractivity contribution in [2.45, 2.75) is 116 Å². The van der Waals surface area contributed by atoms with E-state index in [4.69, 9.17) is 13.6 Å². The summed E-state index contributed by atoms with van der Waals surface area (Å²) in [6.07, 6.45) is 0.161. The van der Waals surface area contributed by atoms with Crippen LogP contribution in [0.4, 0.5) is 0 Å². The van der Waals surface area contributed by atoms with E-state index in [1.807, 2.05) is 0 Å². The minimum Gasteiger partial charge on any atom is -0.480 e. The number of hydrogen-bond donors (Lipinski definition) is 1. The third kappa shape index (κ3) is 5.95. The van der Waals surface area contributed by atoms with Crippen LogP contribution in [0.2, 0.25) is 36.3 Å². The van der Waals surface area contributed by atoms with Crippen molar-refractivity contribution >= 4 is 28.6 Å². The van der Waals surface area contributed by atoms with Gasteiger partial charge in [-0.15, -0.1) is 0 Å². The van der Waals surface area contributed by atoms with Crippen LogP contribution in [0.1, 0.15) is 67.7 Å². The summed E-state index contributed by atoms with van der Waals surface area (Å²) in [6, 6.07) is 0. The van der Waals surface area contributed by atoms with Gasteiger partial charge in [0.1, 0.15) is 0 Å². The van der Waals surface area contributed by atoms with E-state index in [1.54, 1.807) is 6.92 Å². The van der Waals surface area contributed by atoms with Crippen LogP contribution in [0.25, 0.3) is 0 Å². The molecular formula is C22H44O6Si2. The Bertz CT molecular complexity index is 595. The first-order valence-corrected chi connectivity index (χ1v) is 16.9. The zero-order valence-electron chi connectivity index (χ0n) is 21.0. The SMILES string of the molecule is CCOC(=O)C1(C(=O)O)CC(O[Si](C)(C)C(C)(C)C)CC(O[Si](C)(C)C(C)(C)C)C1. The lowest BCUT2D eigenvalue weighted by atomic mass is 9.71. The van der Waals surface area contributed by atoms with E-state index in [0.717, 1.165) is 0 Å². The number of carboxylic acids is 1. The van der Waals surface area contributed by atoms with Crippen LogP contribution in [0.5, 0.6) is 0 Å². The molecule has 1 saturated carbocycles. The van der Waals surface area contributed by atoms with Gasteiger partial charge in [0, 0.05) is 12.2 Å². The maximum atomic E-state index is 12.9. The van der Waals surface area contributed by atoms with Gasteiger partial charge in [-0.2, -0.15) is 0 Å². The lowest BCUT2D eigenvalue weighted by molar-refractivity contribution is -0.177. The van der Waals surface area contributed by atoms with Crippen LogP contribution in [0.3, 0.4) is 0 Å². The second kappa shape index (κ2) is 9.04. The highest BCUT2D eigenvalue weighted by molar-refractivity contribution is 6.74. The lowest BCUT2D eigenvalue weighted by Crippen LogP contribution is -2.56. The molecule has 6 nitrogen and oxygen atoms in total. The van der Waals surface area contributed by atoms with Crippen LogP contribution >= 0.6 is 0 Å². The molecule has 0 radical (unpaired) electrons. The standard InChI is InChI=1S/C22H44O6Si2/c1-12-26-19(25)22(18(23)24)14-16(27-29(8,9)20(2,3)4)13-17(15-22)28-30(10,11)21(5,6)7/h16-17H,12-15H2,1-11H3,(H,23,24). The molecule has 1 N–H and O–H groups in total. The largest absolute Gasteiger partial charge is 0.480 e. The number of esters is 1. The minimum absolute atomic E-state index is 0.0178. The van der Waals surface area contributed by atoms with Gasteiger partial charge in [0.05, 0.1) is 6.61 Å². The van der Waals surface area contributed by atoms with Crippen molar-refractivity contribution < 1.29 is 28.3 Å². The van der Waals surface area contributed by atoms with E-state index in [-0.39, 0.29) is 41.7 Å². The Labute approximate surface area is 185 Å². The number of ether oxygens (including phenoxy) is 1. The fourth-order valence-electron chi connectivity index (χ4n) is 3.38. The van der Waals surface area contributed by atoms with Crippen molar-refractivity contribution in [1.29, 1.82) is 0 Å². The molecule has 0 bridgehead atoms. The molecule has 1 rings (SSSR count). The van der Waals surface area contributed by atoms with E-state index >= 15 is 0 Å². The molecule has 8 heteroatoms. The van der Waals surface area contributed by atoms with Crippen LogP contribution < -0.4 is 0 Å². The van der Waals surface area contributed by atoms with Crippen LogP contribution in [-0.2, 0) is 23.2 Å². The normalized spacial score (nSPS) is 26.4. The van der Waals surface area contributed by atoms with Crippen molar-refractivity contribution in [2.24, 2.45) is 5.41 Å². The molecule has 0 aromatic heterocycles. The number of aliphatic carboxylic acids is 1. The summed E-state index contributed by atoms with van der Waals surface area (Å²) < 4.78 is 18.5. The molecule has 176 valence electrons. The zero-order chi connectivity index (χ0) is 23.8. The molecule has 30 heavy (non-hydrogen) atoms. The number of carbonyl (C=O) groups excluding carboxylic acids is 1. The van der Waals surface area contributed by atoms with Gasteiger partial charge in [0.2, 0.25) is 0 Å². The molecule has 1 fully saturated rings. The van der Waals surface area contributed by atoms with Gasteiger partial charge in [-0.1, -0.05) is 41.5 Å². The molecule has 0 amide bonds. The summed E-state index contributed by atoms with van der Waals surface area (Å²) >= 11 is 0. The van der Waals surface area contributed by atoms with Gasteiger partial charge in [-0.25, -0.2) is 0 Å². The van der Waals surface area contributed by atoms with E-state index < -0.39 is 34.0 Å². The maximum Gasteiger partial charge on any atom is 0.323 e. The van der Waals surface area contributed by atoms with Gasteiger partial charge in [0.15, 0.2) is 22.0 Å². The average molecular weight is 461 g/mol. The smallest absolute Gasteiger partial charge is 0.323 e. The second-order valence-corrected chi connectivity index (χ2v) is 21.3. The maximum absolute atomic E-state index is 12.9. The number of hydrogen-bond acceptors (Lipinski definition) is 5. The summed E-state index contributed by atoms with van der Waals surface area (Å²) in [6.45, 7) is 23.4. The summed E-state index contributed by atoms with van der Waals surface area (Å²) in [4.78, 5) is 25.3. The van der Waals surface area contributed by atoms with Gasteiger partial charge in [-0.3, -0.25) is 9.59 Å². The van der Waals surface area contributed by atoms with E-state index in [9.17, 15) is 14.7 Å². The number of rotatable bonds is 7. The molecule has 1 aliphatic carbocycles. The second-order valence-electron chi connectivity index (χ2n) is 11.8. The van der Waals surface area contributed by atoms with Crippen molar-refractivity contribution in [3.63, 3.8) is 0 Å². The molecule has 0 heterocycles. The van der Waals surface area contributed by atoms with Crippen LogP contribution in [0.15, 0.2) is 0 Å². The molecule has 0 aliphatic heterocycles. The third-order valence-electron chi connectivity index (χ3n) is 7.29. The molecule has 0 saturated heterocycles. The van der Waals surface area contributed by atoms with Crippen molar-refractivity contribution in [2.75, 3.05) is 6.61 Å². The van der Waals surface area contributed by atoms with Crippen LogP contribution in [-0.4, -0.2) is 52.5 Å². The molecular weight excluding hydrogens is 416 g/mol. The summed E-state index contributed by atoms with van der Waals surface area (Å²) in [5.41, 5.74) is -1.63. The van der Waals surface area contributed by atoms with Crippen molar-refractivity contribution in [1.82, 2.24) is 0 Å². The Hall–Kier alpha value is -0.706. The van der Waals surface area contributed by atoms with E-state index in [2.05, 4.69) is 67.7 Å². The Kier molecular flexibility index (Phi) is 8.23. The predicted molar refractivity (Wildman–Crippen MR) is 125 cm³/mol. The topological polar surface area (TPSA) is 82.1 Å². The molecule has 2 unspecified atom stereocenters. The summed E-state index contributed by atoms with van der Waals surface area (Å²) in [5.74, 6) is -1.82. The highest BCUT2D eigenvalue weighted by Crippen LogP contribution is 2.47. The Morgan fingerprint density at radius 3 is 1.53 bits per heavy atom. The Balaban J connectivity index is 3.34. The summed E-state index contributed by atoms with van der Waals surface area (Å²) in [7, 11) is -4.31. The molecule has 0 spiro atoms. The molecule has 1 aliphatic rings. The Morgan fingerprint density at radius 2 is 1.27 bits per heavy atom. The van der Waals surface area contributed by atoms with Gasteiger partial charge >= 0.3 is 11.9 Å². The third-order valence-corrected chi connectivity index (χ3v) is 16.4. The molecule has 2 atom stereocenters. The van der Waals surface area contributed by atoms with Gasteiger partial charge in [0.25, 0.3) is 0 Å². The highest BCUT2D eigenvalue weighted by atomic mass is 28.4. The number of carbonyl (C=O) groups is 2. The number of carboxylic acid groups (broad SMARTS) is 1. The first-order valence-electron chi connectivity index (χ1n) is 11.1. The van der Waals surface area contributed by atoms with E-state index in [0.29, 0.717) is 6.42 Å². The minimum atomic E-state index is -2.16. The highest BCUT2D eigenvalue weighted by Gasteiger charge is 2.56. The Morgan fingerprint density at radius 1 is 0.900 bits per heavy atom. The van der Waals surface area contributed by atoms with Crippen LogP contribution in [0, 0.1) is 5.41 Å². The van der Waals surface area contributed by atoms with Crippen molar-refractivity contribution in [3.8, 4) is 0 Å². The first-order chi connectivity index (χ1) is 13.3. The quantitative estimate of drug-likeness (QED) is 0.303. The lowest BCUT2D eigenvalue weighted by Gasteiger charge is -2.47. The summed E-state index contributed by atoms with van der Waals surface area (Å²) in [5, 5.41) is 10.1. The predicted octanol–water partition coefficient (Wildman–Crippen LogP) is 5.59. The molecule has 0 aromatic carbocycles. The fraction of sp³-hybridized carbons (Fsp3) is 0.909. The molecule has 0 aromatic rings. The average Bonchev–Trinajstić information content (AvgIpc) is 2.51. The van der Waals surface area contributed by atoms with Gasteiger partial charge in [-0.05, 0) is 62.5 Å². The fourth-order valence-corrected chi connectivity index (χ4v) is 6.12. The zero-order valence-corrected chi connectivity index (χ0v) is 23.0. The monoisotopic (exact) mass is 460 g/mol. The van der Waals surface area contributed by atoms with E-state index in [1.165, 1.54) is 0 Å². The van der Waals surface area contributed by atoms with Gasteiger partial charge < -0.3 is 18.7 Å². The first kappa shape index (κ1) is 27.3.